The number of nitrogens with one attached hydrogen (secondary N) is 1. The van der Waals surface area contributed by atoms with Gasteiger partial charge in [-0.1, -0.05) is 32.9 Å². The van der Waals surface area contributed by atoms with Gasteiger partial charge in [0.15, 0.2) is 0 Å². The van der Waals surface area contributed by atoms with Crippen LogP contribution in [0.3, 0.4) is 0 Å². The van der Waals surface area contributed by atoms with Gasteiger partial charge >= 0.3 is 0 Å². The Kier molecular flexibility index (Phi) is 6.01. The average Bonchev–Trinajstić information content (AvgIpc) is 3.56. The Morgan fingerprint density at radius 1 is 1.27 bits per heavy atom. The maximum absolute atomic E-state index is 14.1. The first kappa shape index (κ1) is 23.3. The summed E-state index contributed by atoms with van der Waals surface area (Å²) in [5, 5.41) is 9.40. The lowest BCUT2D eigenvalue weighted by molar-refractivity contribution is 0.109. The van der Waals surface area contributed by atoms with E-state index in [9.17, 15) is 22.5 Å². The van der Waals surface area contributed by atoms with Crippen LogP contribution in [-0.2, 0) is 16.6 Å². The molecule has 0 saturated heterocycles. The molecule has 0 bridgehead atoms. The summed E-state index contributed by atoms with van der Waals surface area (Å²) in [7, 11) is -3.82. The average molecular weight is 473 g/mol. The summed E-state index contributed by atoms with van der Waals surface area (Å²) in [4.78, 5) is 4.33. The van der Waals surface area contributed by atoms with Crippen molar-refractivity contribution in [1.29, 1.82) is 5.26 Å². The molecule has 1 atom stereocenters. The maximum Gasteiger partial charge on any atom is 0.258 e. The van der Waals surface area contributed by atoms with Crippen LogP contribution in [0.15, 0.2) is 42.7 Å². The third kappa shape index (κ3) is 4.92. The second-order valence-electron chi connectivity index (χ2n) is 9.69. The Morgan fingerprint density at radius 2 is 2.00 bits per heavy atom. The first-order valence-electron chi connectivity index (χ1n) is 10.8. The van der Waals surface area contributed by atoms with E-state index in [1.54, 1.807) is 36.7 Å². The fraction of sp³-hybridized carbons (Fsp3) is 0.417. The number of nitrogens with zero attached hydrogens (tertiary/aromatic N) is 3. The predicted octanol–water partition coefficient (Wildman–Crippen LogP) is 5.01. The molecule has 9 heteroatoms. The number of benzene rings is 1. The van der Waals surface area contributed by atoms with Crippen molar-refractivity contribution in [1.82, 2.24) is 14.3 Å². The van der Waals surface area contributed by atoms with Gasteiger partial charge in [0.2, 0.25) is 10.0 Å². The Morgan fingerprint density at radius 3 is 2.61 bits per heavy atom. The fourth-order valence-electron chi connectivity index (χ4n) is 3.99. The predicted molar refractivity (Wildman–Crippen MR) is 123 cm³/mol. The van der Waals surface area contributed by atoms with Gasteiger partial charge < -0.3 is 4.57 Å². The second kappa shape index (κ2) is 8.50. The molecule has 6 nitrogen and oxygen atoms in total. The van der Waals surface area contributed by atoms with E-state index >= 15 is 0 Å². The highest BCUT2D eigenvalue weighted by Gasteiger charge is 2.40. The number of alkyl halides is 2. The zero-order chi connectivity index (χ0) is 24.0. The standard InChI is InChI=1S/C24H26F2N4O2S/c1-24(2,3)14-30-13-19(22(23(25)26)29-33(31,32)17-7-8-17)18-9-6-15(11-20(18)30)21-16(12-27)5-4-10-28-21/h4-6,9-11,13,17,22-23,29H,7-8,14H2,1-3H3/t22-/m0/s1. The number of hydrogen-bond acceptors (Lipinski definition) is 4. The molecule has 0 radical (unpaired) electrons. The SMILES string of the molecule is CC(C)(C)Cn1cc([C@H](NS(=O)(=O)C2CC2)C(F)F)c2ccc(-c3ncccc3C#N)cc21. The summed E-state index contributed by atoms with van der Waals surface area (Å²) in [6, 6.07) is 9.10. The van der Waals surface area contributed by atoms with Gasteiger partial charge in [-0.25, -0.2) is 21.9 Å². The van der Waals surface area contributed by atoms with E-state index in [4.69, 9.17) is 0 Å². The second-order valence-corrected chi connectivity index (χ2v) is 11.7. The molecule has 3 aromatic rings. The van der Waals surface area contributed by atoms with Crippen molar-refractivity contribution < 1.29 is 17.2 Å². The highest BCUT2D eigenvalue weighted by atomic mass is 32.2. The van der Waals surface area contributed by atoms with Crippen LogP contribution in [0.5, 0.6) is 0 Å². The maximum atomic E-state index is 14.1. The minimum atomic E-state index is -3.82. The Balaban J connectivity index is 1.87. The molecule has 1 saturated carbocycles. The molecule has 1 fully saturated rings. The normalized spacial score (nSPS) is 15.7. The molecule has 0 aliphatic heterocycles. The van der Waals surface area contributed by atoms with Crippen LogP contribution < -0.4 is 4.72 Å². The quantitative estimate of drug-likeness (QED) is 0.524. The van der Waals surface area contributed by atoms with Crippen molar-refractivity contribution >= 4 is 20.9 Å². The van der Waals surface area contributed by atoms with E-state index in [1.807, 2.05) is 31.4 Å². The van der Waals surface area contributed by atoms with E-state index < -0.39 is 27.7 Å². The monoisotopic (exact) mass is 472 g/mol. The summed E-state index contributed by atoms with van der Waals surface area (Å²) >= 11 is 0. The van der Waals surface area contributed by atoms with Crippen LogP contribution in [0.1, 0.15) is 50.8 Å². The van der Waals surface area contributed by atoms with Crippen molar-refractivity contribution in [2.45, 2.75) is 57.9 Å². The molecule has 0 amide bonds. The first-order chi connectivity index (χ1) is 15.5. The van der Waals surface area contributed by atoms with Crippen LogP contribution in [0.2, 0.25) is 0 Å². The van der Waals surface area contributed by atoms with E-state index in [0.29, 0.717) is 47.1 Å². The van der Waals surface area contributed by atoms with Gasteiger partial charge in [0.1, 0.15) is 12.1 Å². The van der Waals surface area contributed by atoms with Crippen LogP contribution in [0.4, 0.5) is 8.78 Å². The highest BCUT2D eigenvalue weighted by molar-refractivity contribution is 7.90. The molecule has 0 unspecified atom stereocenters. The van der Waals surface area contributed by atoms with Gasteiger partial charge in [0.25, 0.3) is 6.43 Å². The lowest BCUT2D eigenvalue weighted by Crippen LogP contribution is -2.35. The number of fused-ring (bicyclic) bond motifs is 1. The summed E-state index contributed by atoms with van der Waals surface area (Å²) in [6.07, 6.45) is 1.29. The number of halogens is 2. The molecule has 2 aromatic heterocycles. The first-order valence-corrected chi connectivity index (χ1v) is 12.3. The molecule has 4 rings (SSSR count). The Labute approximate surface area is 192 Å². The molecule has 174 valence electrons. The van der Waals surface area contributed by atoms with Crippen LogP contribution in [0.25, 0.3) is 22.2 Å². The van der Waals surface area contributed by atoms with E-state index in [0.717, 1.165) is 0 Å². The lowest BCUT2D eigenvalue weighted by Gasteiger charge is -2.20. The molecule has 0 spiro atoms. The van der Waals surface area contributed by atoms with Gasteiger partial charge in [-0.05, 0) is 36.5 Å². The molecule has 1 aliphatic rings. The summed E-state index contributed by atoms with van der Waals surface area (Å²) in [5.74, 6) is 0. The summed E-state index contributed by atoms with van der Waals surface area (Å²) < 4.78 is 57.4. The van der Waals surface area contributed by atoms with E-state index in [2.05, 4.69) is 15.8 Å². The van der Waals surface area contributed by atoms with Crippen molar-refractivity contribution in [3.63, 3.8) is 0 Å². The van der Waals surface area contributed by atoms with Gasteiger partial charge in [0.05, 0.1) is 16.5 Å². The molecule has 33 heavy (non-hydrogen) atoms. The fourth-order valence-corrected chi connectivity index (χ4v) is 5.52. The minimum Gasteiger partial charge on any atom is -0.347 e. The third-order valence-corrected chi connectivity index (χ3v) is 7.53. The highest BCUT2D eigenvalue weighted by Crippen LogP contribution is 2.37. The summed E-state index contributed by atoms with van der Waals surface area (Å²) in [6.45, 7) is 6.64. The van der Waals surface area contributed by atoms with E-state index in [1.165, 1.54) is 0 Å². The molecular formula is C24H26F2N4O2S. The van der Waals surface area contributed by atoms with Crippen LogP contribution in [0, 0.1) is 16.7 Å². The Bertz CT molecular complexity index is 1330. The zero-order valence-electron chi connectivity index (χ0n) is 18.7. The van der Waals surface area contributed by atoms with Crippen molar-refractivity contribution in [2.24, 2.45) is 5.41 Å². The molecule has 2 heterocycles. The smallest absolute Gasteiger partial charge is 0.258 e. The van der Waals surface area contributed by atoms with Gasteiger partial charge in [-0.3, -0.25) is 4.98 Å². The number of rotatable bonds is 7. The number of nitriles is 1. The van der Waals surface area contributed by atoms with E-state index in [-0.39, 0.29) is 11.0 Å². The van der Waals surface area contributed by atoms with Gasteiger partial charge in [-0.2, -0.15) is 5.26 Å². The van der Waals surface area contributed by atoms with Crippen LogP contribution in [-0.4, -0.2) is 29.6 Å². The number of aromatic nitrogens is 2. The molecule has 1 aromatic carbocycles. The third-order valence-electron chi connectivity index (χ3n) is 5.60. The molecular weight excluding hydrogens is 446 g/mol. The van der Waals surface area contributed by atoms with Crippen molar-refractivity contribution in [2.75, 3.05) is 0 Å². The number of hydrogen-bond donors (Lipinski definition) is 1. The number of pyridine rings is 1. The molecule has 1 N–H and O–H groups in total. The Hall–Kier alpha value is -2.83. The minimum absolute atomic E-state index is 0.157. The van der Waals surface area contributed by atoms with Gasteiger partial charge in [-0.15, -0.1) is 0 Å². The van der Waals surface area contributed by atoms with Crippen molar-refractivity contribution in [3.05, 3.63) is 53.9 Å². The largest absolute Gasteiger partial charge is 0.347 e. The van der Waals surface area contributed by atoms with Gasteiger partial charge in [0, 0.05) is 41.0 Å². The van der Waals surface area contributed by atoms with Crippen molar-refractivity contribution in [3.8, 4) is 17.3 Å². The topological polar surface area (TPSA) is 87.8 Å². The lowest BCUT2D eigenvalue weighted by atomic mass is 9.97. The summed E-state index contributed by atoms with van der Waals surface area (Å²) in [5.41, 5.74) is 2.37. The molecule has 1 aliphatic carbocycles. The van der Waals surface area contributed by atoms with Crippen LogP contribution >= 0.6 is 0 Å². The zero-order valence-corrected chi connectivity index (χ0v) is 19.5. The number of sulfonamides is 1.